The Morgan fingerprint density at radius 2 is 1.79 bits per heavy atom. The summed E-state index contributed by atoms with van der Waals surface area (Å²) in [5, 5.41) is 6.46. The van der Waals surface area contributed by atoms with E-state index < -0.39 is 0 Å². The zero-order valence-corrected chi connectivity index (χ0v) is 17.4. The summed E-state index contributed by atoms with van der Waals surface area (Å²) in [6.07, 6.45) is 2.43. The lowest BCUT2D eigenvalue weighted by Gasteiger charge is -2.36. The van der Waals surface area contributed by atoms with Crippen molar-refractivity contribution in [2.24, 2.45) is 0 Å². The van der Waals surface area contributed by atoms with Crippen LogP contribution in [-0.4, -0.2) is 25.7 Å². The maximum Gasteiger partial charge on any atom is 0.250 e. The largest absolute Gasteiger partial charge is 0.493 e. The van der Waals surface area contributed by atoms with Crippen molar-refractivity contribution in [3.05, 3.63) is 58.7 Å². The summed E-state index contributed by atoms with van der Waals surface area (Å²) in [6, 6.07) is 9.89. The highest BCUT2D eigenvalue weighted by molar-refractivity contribution is 6.04. The number of hydrogen-bond donors (Lipinski definition) is 2. The van der Waals surface area contributed by atoms with Crippen molar-refractivity contribution in [1.29, 1.82) is 0 Å². The molecule has 1 aliphatic heterocycles. The zero-order valence-electron chi connectivity index (χ0n) is 17.4. The highest BCUT2D eigenvalue weighted by Gasteiger charge is 2.29. The molecule has 5 nitrogen and oxygen atoms in total. The van der Waals surface area contributed by atoms with Gasteiger partial charge in [0, 0.05) is 28.6 Å². The number of amides is 1. The molecule has 28 heavy (non-hydrogen) atoms. The molecule has 1 amide bonds. The smallest absolute Gasteiger partial charge is 0.250 e. The quantitative estimate of drug-likeness (QED) is 0.780. The van der Waals surface area contributed by atoms with E-state index in [0.717, 1.165) is 34.5 Å². The number of aryl methyl sites for hydroxylation is 2. The van der Waals surface area contributed by atoms with Crippen molar-refractivity contribution in [1.82, 2.24) is 5.32 Å². The number of methoxy groups -OCH3 is 2. The van der Waals surface area contributed by atoms with Crippen LogP contribution in [0.4, 0.5) is 5.69 Å². The third-order valence-corrected chi connectivity index (χ3v) is 4.92. The van der Waals surface area contributed by atoms with Crippen molar-refractivity contribution in [2.75, 3.05) is 19.5 Å². The summed E-state index contributed by atoms with van der Waals surface area (Å²) in [5.74, 6) is 1.16. The van der Waals surface area contributed by atoms with Crippen LogP contribution in [0.2, 0.25) is 0 Å². The van der Waals surface area contributed by atoms with Gasteiger partial charge in [0.25, 0.3) is 0 Å². The van der Waals surface area contributed by atoms with E-state index in [1.165, 1.54) is 5.56 Å². The van der Waals surface area contributed by atoms with Crippen LogP contribution in [0.5, 0.6) is 11.5 Å². The molecule has 0 aliphatic carbocycles. The van der Waals surface area contributed by atoms with Gasteiger partial charge in [-0.2, -0.15) is 0 Å². The summed E-state index contributed by atoms with van der Waals surface area (Å²) >= 11 is 0. The Labute approximate surface area is 166 Å². The molecule has 1 heterocycles. The lowest BCUT2D eigenvalue weighted by atomic mass is 9.85. The SMILES string of the molecule is COc1cc2c(cc1OC)/C(=C/C(=O)Nc1ccc(C)cc1C)NC(C)(C)C2. The minimum absolute atomic E-state index is 0.173. The number of fused-ring (bicyclic) bond motifs is 1. The predicted molar refractivity (Wildman–Crippen MR) is 113 cm³/mol. The van der Waals surface area contributed by atoms with Crippen LogP contribution >= 0.6 is 0 Å². The van der Waals surface area contributed by atoms with Crippen LogP contribution < -0.4 is 20.1 Å². The maximum atomic E-state index is 12.7. The van der Waals surface area contributed by atoms with E-state index in [1.54, 1.807) is 20.3 Å². The molecular weight excluding hydrogens is 352 g/mol. The third-order valence-electron chi connectivity index (χ3n) is 4.92. The van der Waals surface area contributed by atoms with E-state index in [0.29, 0.717) is 11.5 Å². The number of nitrogens with one attached hydrogen (secondary N) is 2. The molecule has 0 atom stereocenters. The summed E-state index contributed by atoms with van der Waals surface area (Å²) in [7, 11) is 3.24. The van der Waals surface area contributed by atoms with Crippen LogP contribution in [0.15, 0.2) is 36.4 Å². The normalized spacial score (nSPS) is 16.1. The number of benzene rings is 2. The summed E-state index contributed by atoms with van der Waals surface area (Å²) in [4.78, 5) is 12.7. The van der Waals surface area contributed by atoms with E-state index in [1.807, 2.05) is 38.1 Å². The van der Waals surface area contributed by atoms with Crippen molar-refractivity contribution in [3.8, 4) is 11.5 Å². The predicted octanol–water partition coefficient (Wildman–Crippen LogP) is 4.22. The van der Waals surface area contributed by atoms with Gasteiger partial charge >= 0.3 is 0 Å². The van der Waals surface area contributed by atoms with Crippen LogP contribution in [0.25, 0.3) is 5.70 Å². The molecule has 2 N–H and O–H groups in total. The van der Waals surface area contributed by atoms with E-state index in [2.05, 4.69) is 30.5 Å². The number of anilines is 1. The molecule has 0 radical (unpaired) electrons. The number of carbonyl (C=O) groups is 1. The Morgan fingerprint density at radius 3 is 2.43 bits per heavy atom. The standard InChI is InChI=1S/C23H28N2O3/c1-14-7-8-18(15(2)9-14)24-22(26)12-19-17-11-21(28-6)20(27-5)10-16(17)13-23(3,4)25-19/h7-12,25H,13H2,1-6H3,(H,24,26)/b19-12-. The highest BCUT2D eigenvalue weighted by Crippen LogP contribution is 2.38. The first-order valence-electron chi connectivity index (χ1n) is 9.36. The van der Waals surface area contributed by atoms with Gasteiger partial charge < -0.3 is 20.1 Å². The molecule has 0 aromatic heterocycles. The van der Waals surface area contributed by atoms with E-state index in [4.69, 9.17) is 9.47 Å². The molecule has 3 rings (SSSR count). The van der Waals surface area contributed by atoms with Crippen LogP contribution in [0.1, 0.15) is 36.1 Å². The Balaban J connectivity index is 1.97. The Bertz CT molecular complexity index is 945. The molecule has 0 bridgehead atoms. The van der Waals surface area contributed by atoms with E-state index in [9.17, 15) is 4.79 Å². The highest BCUT2D eigenvalue weighted by atomic mass is 16.5. The summed E-state index contributed by atoms with van der Waals surface area (Å²) in [6.45, 7) is 8.25. The molecule has 5 heteroatoms. The van der Waals surface area contributed by atoms with Crippen LogP contribution in [0.3, 0.4) is 0 Å². The number of ether oxygens (including phenoxy) is 2. The topological polar surface area (TPSA) is 59.6 Å². The van der Waals surface area contributed by atoms with Crippen LogP contribution in [0, 0.1) is 13.8 Å². The van der Waals surface area contributed by atoms with Gasteiger partial charge in [-0.25, -0.2) is 0 Å². The average molecular weight is 380 g/mol. The summed E-state index contributed by atoms with van der Waals surface area (Å²) in [5.41, 5.74) is 5.68. The molecule has 2 aromatic carbocycles. The van der Waals surface area contributed by atoms with Gasteiger partial charge in [-0.3, -0.25) is 4.79 Å². The fourth-order valence-corrected chi connectivity index (χ4v) is 3.64. The monoisotopic (exact) mass is 380 g/mol. The molecule has 0 spiro atoms. The number of rotatable bonds is 4. The van der Waals surface area contributed by atoms with Crippen molar-refractivity contribution >= 4 is 17.3 Å². The molecule has 1 aliphatic rings. The maximum absolute atomic E-state index is 12.7. The molecule has 0 saturated heterocycles. The molecular formula is C23H28N2O3. The Hall–Kier alpha value is -2.95. The fraction of sp³-hybridized carbons (Fsp3) is 0.348. The first-order chi connectivity index (χ1) is 13.2. The van der Waals surface area contributed by atoms with Gasteiger partial charge in [-0.15, -0.1) is 0 Å². The van der Waals surface area contributed by atoms with Gasteiger partial charge in [-0.1, -0.05) is 17.7 Å². The second-order valence-electron chi connectivity index (χ2n) is 7.92. The van der Waals surface area contributed by atoms with Gasteiger partial charge in [0.2, 0.25) is 5.91 Å². The molecule has 148 valence electrons. The van der Waals surface area contributed by atoms with E-state index >= 15 is 0 Å². The molecule has 0 unspecified atom stereocenters. The van der Waals surface area contributed by atoms with Crippen molar-refractivity contribution in [3.63, 3.8) is 0 Å². The minimum Gasteiger partial charge on any atom is -0.493 e. The summed E-state index contributed by atoms with van der Waals surface area (Å²) < 4.78 is 10.9. The fourth-order valence-electron chi connectivity index (χ4n) is 3.64. The Morgan fingerprint density at radius 1 is 1.11 bits per heavy atom. The first kappa shape index (κ1) is 19.8. The molecule has 0 saturated carbocycles. The minimum atomic E-state index is -0.182. The van der Waals surface area contributed by atoms with Crippen molar-refractivity contribution < 1.29 is 14.3 Å². The lowest BCUT2D eigenvalue weighted by molar-refractivity contribution is -0.111. The second-order valence-corrected chi connectivity index (χ2v) is 7.92. The average Bonchev–Trinajstić information content (AvgIpc) is 2.62. The third kappa shape index (κ3) is 4.14. The van der Waals surface area contributed by atoms with Gasteiger partial charge in [0.1, 0.15) is 0 Å². The second kappa shape index (κ2) is 7.58. The van der Waals surface area contributed by atoms with Gasteiger partial charge in [-0.05, 0) is 63.4 Å². The Kier molecular flexibility index (Phi) is 5.36. The molecule has 0 fully saturated rings. The van der Waals surface area contributed by atoms with Gasteiger partial charge in [0.15, 0.2) is 11.5 Å². The first-order valence-corrected chi connectivity index (χ1v) is 9.36. The van der Waals surface area contributed by atoms with Gasteiger partial charge in [0.05, 0.1) is 14.2 Å². The zero-order chi connectivity index (χ0) is 20.5. The number of hydrogen-bond acceptors (Lipinski definition) is 4. The molecule has 2 aromatic rings. The van der Waals surface area contributed by atoms with Crippen LogP contribution in [-0.2, 0) is 11.2 Å². The van der Waals surface area contributed by atoms with E-state index in [-0.39, 0.29) is 11.4 Å². The van der Waals surface area contributed by atoms with Crippen molar-refractivity contribution in [2.45, 2.75) is 39.7 Å². The number of carbonyl (C=O) groups excluding carboxylic acids is 1. The lowest BCUT2D eigenvalue weighted by Crippen LogP contribution is -2.44.